The number of rotatable bonds is 5. The normalized spacial score (nSPS) is 12.1. The van der Waals surface area contributed by atoms with E-state index in [0.717, 1.165) is 15.6 Å². The van der Waals surface area contributed by atoms with Crippen LogP contribution in [0.5, 0.6) is 0 Å². The number of aryl methyl sites for hydroxylation is 1. The van der Waals surface area contributed by atoms with E-state index in [0.29, 0.717) is 16.7 Å². The zero-order valence-corrected chi connectivity index (χ0v) is 15.6. The summed E-state index contributed by atoms with van der Waals surface area (Å²) >= 11 is 4.66. The Morgan fingerprint density at radius 3 is 2.42 bits per heavy atom. The van der Waals surface area contributed by atoms with Gasteiger partial charge in [-0.1, -0.05) is 57.5 Å². The van der Waals surface area contributed by atoms with E-state index in [9.17, 15) is 4.79 Å². The van der Waals surface area contributed by atoms with Gasteiger partial charge in [0.05, 0.1) is 5.25 Å². The third kappa shape index (κ3) is 3.94. The standard InChI is InChI=1S/C18H15BrN2O2S/c1-11-3-5-13(6-4-11)16(22)12(2)24-18-21-20-17(23-18)14-7-9-15(19)10-8-14/h3-10,12H,1-2H3/t12-/m1/s1. The fourth-order valence-corrected chi connectivity index (χ4v) is 3.15. The van der Waals surface area contributed by atoms with Crippen LogP contribution in [0.1, 0.15) is 22.8 Å². The molecule has 0 radical (unpaired) electrons. The number of ketones is 1. The minimum Gasteiger partial charge on any atom is -0.411 e. The molecule has 4 nitrogen and oxygen atoms in total. The summed E-state index contributed by atoms with van der Waals surface area (Å²) in [6.45, 7) is 3.84. The van der Waals surface area contributed by atoms with Gasteiger partial charge in [0, 0.05) is 15.6 Å². The Morgan fingerprint density at radius 2 is 1.75 bits per heavy atom. The van der Waals surface area contributed by atoms with Crippen molar-refractivity contribution in [2.45, 2.75) is 24.3 Å². The molecule has 0 spiro atoms. The molecular weight excluding hydrogens is 388 g/mol. The molecule has 3 aromatic rings. The number of hydrogen-bond acceptors (Lipinski definition) is 5. The molecule has 24 heavy (non-hydrogen) atoms. The molecule has 0 aliphatic heterocycles. The van der Waals surface area contributed by atoms with Crippen molar-refractivity contribution in [2.24, 2.45) is 0 Å². The van der Waals surface area contributed by atoms with Crippen molar-refractivity contribution in [3.05, 3.63) is 64.1 Å². The third-order valence-corrected chi connectivity index (χ3v) is 4.94. The topological polar surface area (TPSA) is 56.0 Å². The van der Waals surface area contributed by atoms with E-state index >= 15 is 0 Å². The lowest BCUT2D eigenvalue weighted by molar-refractivity contribution is 0.0993. The first-order chi connectivity index (χ1) is 11.5. The number of thioether (sulfide) groups is 1. The molecular formula is C18H15BrN2O2S. The highest BCUT2D eigenvalue weighted by Crippen LogP contribution is 2.28. The maximum Gasteiger partial charge on any atom is 0.277 e. The highest BCUT2D eigenvalue weighted by molar-refractivity contribution is 9.10. The molecule has 0 N–H and O–H groups in total. The van der Waals surface area contributed by atoms with Crippen LogP contribution in [0.3, 0.4) is 0 Å². The maximum atomic E-state index is 12.5. The van der Waals surface area contributed by atoms with Gasteiger partial charge in [0.15, 0.2) is 5.78 Å². The first kappa shape index (κ1) is 16.9. The van der Waals surface area contributed by atoms with Gasteiger partial charge in [-0.15, -0.1) is 10.2 Å². The summed E-state index contributed by atoms with van der Waals surface area (Å²) in [5, 5.41) is 8.17. The van der Waals surface area contributed by atoms with Gasteiger partial charge in [0.25, 0.3) is 5.22 Å². The number of Topliss-reactive ketones (excluding diaryl/α,β-unsaturated/α-hetero) is 1. The van der Waals surface area contributed by atoms with Gasteiger partial charge in [-0.3, -0.25) is 4.79 Å². The summed E-state index contributed by atoms with van der Waals surface area (Å²) in [5.41, 5.74) is 2.66. The van der Waals surface area contributed by atoms with Crippen molar-refractivity contribution >= 4 is 33.5 Å². The van der Waals surface area contributed by atoms with Crippen LogP contribution >= 0.6 is 27.7 Å². The van der Waals surface area contributed by atoms with Crippen LogP contribution < -0.4 is 0 Å². The quantitative estimate of drug-likeness (QED) is 0.435. The monoisotopic (exact) mass is 402 g/mol. The Kier molecular flexibility index (Phi) is 5.16. The predicted molar refractivity (Wildman–Crippen MR) is 98.3 cm³/mol. The van der Waals surface area contributed by atoms with Crippen molar-refractivity contribution in [3.8, 4) is 11.5 Å². The van der Waals surface area contributed by atoms with E-state index in [1.807, 2.05) is 62.4 Å². The molecule has 2 aromatic carbocycles. The lowest BCUT2D eigenvalue weighted by atomic mass is 10.1. The van der Waals surface area contributed by atoms with Crippen LogP contribution in [0.15, 0.2) is 62.6 Å². The molecule has 0 saturated carbocycles. The summed E-state index contributed by atoms with van der Waals surface area (Å²) in [4.78, 5) is 12.5. The zero-order valence-electron chi connectivity index (χ0n) is 13.2. The molecule has 0 aliphatic rings. The second-order valence-corrected chi connectivity index (χ2v) is 7.58. The van der Waals surface area contributed by atoms with Gasteiger partial charge in [0.1, 0.15) is 0 Å². The summed E-state index contributed by atoms with van der Waals surface area (Å²) in [7, 11) is 0. The molecule has 0 unspecified atom stereocenters. The number of benzene rings is 2. The molecule has 122 valence electrons. The average Bonchev–Trinajstić information content (AvgIpc) is 3.04. The maximum absolute atomic E-state index is 12.5. The molecule has 0 amide bonds. The smallest absolute Gasteiger partial charge is 0.277 e. The van der Waals surface area contributed by atoms with Crippen molar-refractivity contribution in [3.63, 3.8) is 0 Å². The second-order valence-electron chi connectivity index (χ2n) is 5.37. The first-order valence-corrected chi connectivity index (χ1v) is 9.07. The molecule has 3 rings (SSSR count). The lowest BCUT2D eigenvalue weighted by Crippen LogP contribution is -2.13. The summed E-state index contributed by atoms with van der Waals surface area (Å²) in [6, 6.07) is 15.2. The minimum absolute atomic E-state index is 0.0448. The van der Waals surface area contributed by atoms with Crippen LogP contribution in [0.25, 0.3) is 11.5 Å². The lowest BCUT2D eigenvalue weighted by Gasteiger charge is -2.07. The fraction of sp³-hybridized carbons (Fsp3) is 0.167. The highest BCUT2D eigenvalue weighted by atomic mass is 79.9. The summed E-state index contributed by atoms with van der Waals surface area (Å²) < 4.78 is 6.64. The van der Waals surface area contributed by atoms with Gasteiger partial charge < -0.3 is 4.42 Å². The van der Waals surface area contributed by atoms with Gasteiger partial charge in [-0.25, -0.2) is 0 Å². The third-order valence-electron chi connectivity index (χ3n) is 3.48. The van der Waals surface area contributed by atoms with Crippen molar-refractivity contribution in [2.75, 3.05) is 0 Å². The second kappa shape index (κ2) is 7.32. The number of nitrogens with zero attached hydrogens (tertiary/aromatic N) is 2. The molecule has 0 bridgehead atoms. The molecule has 0 aliphatic carbocycles. The Hall–Kier alpha value is -1.92. The Labute approximate surface area is 152 Å². The minimum atomic E-state index is -0.300. The Balaban J connectivity index is 1.70. The first-order valence-electron chi connectivity index (χ1n) is 7.40. The van der Waals surface area contributed by atoms with Crippen molar-refractivity contribution in [1.82, 2.24) is 10.2 Å². The van der Waals surface area contributed by atoms with Crippen LogP contribution in [-0.4, -0.2) is 21.2 Å². The summed E-state index contributed by atoms with van der Waals surface area (Å²) in [6.07, 6.45) is 0. The average molecular weight is 403 g/mol. The molecule has 1 heterocycles. The van der Waals surface area contributed by atoms with Crippen LogP contribution in [-0.2, 0) is 0 Å². The van der Waals surface area contributed by atoms with E-state index in [2.05, 4.69) is 26.1 Å². The van der Waals surface area contributed by atoms with E-state index in [-0.39, 0.29) is 11.0 Å². The molecule has 1 aromatic heterocycles. The molecule has 1 atom stereocenters. The molecule has 0 fully saturated rings. The van der Waals surface area contributed by atoms with Crippen LogP contribution in [0, 0.1) is 6.92 Å². The molecule has 6 heteroatoms. The van der Waals surface area contributed by atoms with E-state index in [1.54, 1.807) is 0 Å². The number of aromatic nitrogens is 2. The highest BCUT2D eigenvalue weighted by Gasteiger charge is 2.20. The van der Waals surface area contributed by atoms with Crippen LogP contribution in [0.2, 0.25) is 0 Å². The number of halogens is 1. The SMILES string of the molecule is Cc1ccc(C(=O)[C@@H](C)Sc2nnc(-c3ccc(Br)cc3)o2)cc1. The predicted octanol–water partition coefficient (Wildman–Crippen LogP) is 5.17. The summed E-state index contributed by atoms with van der Waals surface area (Å²) in [5.74, 6) is 0.489. The number of hydrogen-bond donors (Lipinski definition) is 0. The van der Waals surface area contributed by atoms with Crippen molar-refractivity contribution in [1.29, 1.82) is 0 Å². The fourth-order valence-electron chi connectivity index (χ4n) is 2.12. The van der Waals surface area contributed by atoms with Gasteiger partial charge in [0.2, 0.25) is 5.89 Å². The van der Waals surface area contributed by atoms with Crippen LogP contribution in [0.4, 0.5) is 0 Å². The Morgan fingerprint density at radius 1 is 1.08 bits per heavy atom. The number of carbonyl (C=O) groups is 1. The van der Waals surface area contributed by atoms with E-state index in [4.69, 9.17) is 4.42 Å². The largest absolute Gasteiger partial charge is 0.411 e. The molecule has 0 saturated heterocycles. The van der Waals surface area contributed by atoms with E-state index < -0.39 is 0 Å². The van der Waals surface area contributed by atoms with Gasteiger partial charge in [-0.2, -0.15) is 0 Å². The Bertz CT molecular complexity index is 844. The van der Waals surface area contributed by atoms with E-state index in [1.165, 1.54) is 11.8 Å². The van der Waals surface area contributed by atoms with Gasteiger partial charge >= 0.3 is 0 Å². The zero-order chi connectivity index (χ0) is 17.1. The van der Waals surface area contributed by atoms with Gasteiger partial charge in [-0.05, 0) is 38.1 Å². The number of carbonyl (C=O) groups excluding carboxylic acids is 1. The van der Waals surface area contributed by atoms with Crippen molar-refractivity contribution < 1.29 is 9.21 Å².